The molecular weight excluding hydrogens is 268 g/mol. The SMILES string of the molecule is COCC(=O)CC(=O)c1ccc(Br)s1. The molecule has 0 spiro atoms. The Kier molecular flexibility index (Phi) is 4.44. The van der Waals surface area contributed by atoms with Crippen LogP contribution < -0.4 is 0 Å². The number of carbonyl (C=O) groups is 2. The van der Waals surface area contributed by atoms with Gasteiger partial charge in [-0.3, -0.25) is 9.59 Å². The van der Waals surface area contributed by atoms with Gasteiger partial charge in [-0.25, -0.2) is 0 Å². The molecule has 0 saturated heterocycles. The van der Waals surface area contributed by atoms with Gasteiger partial charge in [0.25, 0.3) is 0 Å². The molecule has 0 aliphatic heterocycles. The van der Waals surface area contributed by atoms with Gasteiger partial charge in [-0.05, 0) is 28.1 Å². The van der Waals surface area contributed by atoms with Crippen molar-refractivity contribution in [1.82, 2.24) is 0 Å². The van der Waals surface area contributed by atoms with E-state index in [1.807, 2.05) is 0 Å². The smallest absolute Gasteiger partial charge is 0.180 e. The topological polar surface area (TPSA) is 43.4 Å². The Balaban J connectivity index is 2.55. The number of ketones is 2. The zero-order chi connectivity index (χ0) is 10.6. The van der Waals surface area contributed by atoms with E-state index < -0.39 is 0 Å². The second kappa shape index (κ2) is 5.38. The molecule has 3 nitrogen and oxygen atoms in total. The average molecular weight is 277 g/mol. The summed E-state index contributed by atoms with van der Waals surface area (Å²) in [6, 6.07) is 3.50. The molecule has 0 unspecified atom stereocenters. The fourth-order valence-corrected chi connectivity index (χ4v) is 2.27. The van der Waals surface area contributed by atoms with Crippen LogP contribution in [0.3, 0.4) is 0 Å². The molecule has 0 aliphatic carbocycles. The molecule has 1 rings (SSSR count). The van der Waals surface area contributed by atoms with Crippen LogP contribution in [0.4, 0.5) is 0 Å². The summed E-state index contributed by atoms with van der Waals surface area (Å²) in [4.78, 5) is 23.1. The maximum atomic E-state index is 11.5. The van der Waals surface area contributed by atoms with Crippen LogP contribution in [-0.4, -0.2) is 25.3 Å². The Morgan fingerprint density at radius 3 is 2.71 bits per heavy atom. The third-order valence-corrected chi connectivity index (χ3v) is 3.18. The second-order valence-corrected chi connectivity index (χ2v) is 5.14. The van der Waals surface area contributed by atoms with E-state index in [0.717, 1.165) is 3.79 Å². The predicted octanol–water partition coefficient (Wildman–Crippen LogP) is 2.30. The van der Waals surface area contributed by atoms with Crippen molar-refractivity contribution < 1.29 is 14.3 Å². The molecule has 0 N–H and O–H groups in total. The molecule has 0 saturated carbocycles. The van der Waals surface area contributed by atoms with Crippen molar-refractivity contribution in [3.8, 4) is 0 Å². The quantitative estimate of drug-likeness (QED) is 0.612. The van der Waals surface area contributed by atoms with Crippen molar-refractivity contribution in [2.75, 3.05) is 13.7 Å². The predicted molar refractivity (Wildman–Crippen MR) is 57.8 cm³/mol. The molecular formula is C9H9BrO3S. The van der Waals surface area contributed by atoms with Gasteiger partial charge in [-0.1, -0.05) is 0 Å². The first-order valence-corrected chi connectivity index (χ1v) is 5.53. The van der Waals surface area contributed by atoms with Gasteiger partial charge in [0.05, 0.1) is 15.1 Å². The molecule has 1 aromatic heterocycles. The fraction of sp³-hybridized carbons (Fsp3) is 0.333. The van der Waals surface area contributed by atoms with Gasteiger partial charge in [-0.2, -0.15) is 0 Å². The second-order valence-electron chi connectivity index (χ2n) is 2.68. The van der Waals surface area contributed by atoms with Crippen molar-refractivity contribution in [2.45, 2.75) is 6.42 Å². The molecule has 0 atom stereocenters. The summed E-state index contributed by atoms with van der Waals surface area (Å²) in [5.41, 5.74) is 0. The number of halogens is 1. The van der Waals surface area contributed by atoms with E-state index in [4.69, 9.17) is 0 Å². The average Bonchev–Trinajstić information content (AvgIpc) is 2.52. The molecule has 0 bridgehead atoms. The molecule has 0 aromatic carbocycles. The summed E-state index contributed by atoms with van der Waals surface area (Å²) in [6.07, 6.45) is -0.0825. The van der Waals surface area contributed by atoms with E-state index in [0.29, 0.717) is 4.88 Å². The zero-order valence-electron chi connectivity index (χ0n) is 7.58. The van der Waals surface area contributed by atoms with E-state index in [2.05, 4.69) is 20.7 Å². The highest BCUT2D eigenvalue weighted by molar-refractivity contribution is 9.11. The summed E-state index contributed by atoms with van der Waals surface area (Å²) >= 11 is 4.58. The van der Waals surface area contributed by atoms with E-state index in [1.165, 1.54) is 18.4 Å². The van der Waals surface area contributed by atoms with E-state index >= 15 is 0 Å². The minimum absolute atomic E-state index is 0.00170. The fourth-order valence-electron chi connectivity index (χ4n) is 0.942. The lowest BCUT2D eigenvalue weighted by molar-refractivity contribution is -0.121. The Bertz CT molecular complexity index is 346. The molecule has 14 heavy (non-hydrogen) atoms. The third-order valence-electron chi connectivity index (χ3n) is 1.51. The summed E-state index contributed by atoms with van der Waals surface area (Å²) in [5, 5.41) is 0. The maximum Gasteiger partial charge on any atom is 0.180 e. The van der Waals surface area contributed by atoms with Crippen LogP contribution in [0.15, 0.2) is 15.9 Å². The van der Waals surface area contributed by atoms with E-state index in [-0.39, 0.29) is 24.6 Å². The summed E-state index contributed by atoms with van der Waals surface area (Å²) in [7, 11) is 1.43. The molecule has 0 fully saturated rings. The van der Waals surface area contributed by atoms with Crippen LogP contribution in [0.1, 0.15) is 16.1 Å². The third kappa shape index (κ3) is 3.32. The van der Waals surface area contributed by atoms with Gasteiger partial charge in [0.1, 0.15) is 6.61 Å². The Hall–Kier alpha value is -0.520. The van der Waals surface area contributed by atoms with Gasteiger partial charge >= 0.3 is 0 Å². The van der Waals surface area contributed by atoms with Crippen LogP contribution in [0.25, 0.3) is 0 Å². The molecule has 76 valence electrons. The number of carbonyl (C=O) groups excluding carboxylic acids is 2. The largest absolute Gasteiger partial charge is 0.377 e. The Labute approximate surface area is 94.2 Å². The van der Waals surface area contributed by atoms with Crippen molar-refractivity contribution in [2.24, 2.45) is 0 Å². The van der Waals surface area contributed by atoms with Crippen LogP contribution >= 0.6 is 27.3 Å². The molecule has 5 heteroatoms. The van der Waals surface area contributed by atoms with Gasteiger partial charge in [-0.15, -0.1) is 11.3 Å². The first kappa shape index (κ1) is 11.6. The number of thiophene rings is 1. The molecule has 1 heterocycles. The zero-order valence-corrected chi connectivity index (χ0v) is 9.98. The highest BCUT2D eigenvalue weighted by atomic mass is 79.9. The van der Waals surface area contributed by atoms with Gasteiger partial charge < -0.3 is 4.74 Å². The Morgan fingerprint density at radius 2 is 2.21 bits per heavy atom. The monoisotopic (exact) mass is 276 g/mol. The number of hydrogen-bond acceptors (Lipinski definition) is 4. The van der Waals surface area contributed by atoms with Crippen molar-refractivity contribution >= 4 is 38.8 Å². The number of Topliss-reactive ketones (excluding diaryl/α,β-unsaturated/α-hetero) is 2. The number of ether oxygens (including phenoxy) is 1. The highest BCUT2D eigenvalue weighted by Gasteiger charge is 2.13. The van der Waals surface area contributed by atoms with Crippen LogP contribution in [-0.2, 0) is 9.53 Å². The minimum atomic E-state index is -0.193. The first-order chi connectivity index (χ1) is 6.63. The number of methoxy groups -OCH3 is 1. The standard InChI is InChI=1S/C9H9BrO3S/c1-13-5-6(11)4-7(12)8-2-3-9(10)14-8/h2-3H,4-5H2,1H3. The minimum Gasteiger partial charge on any atom is -0.377 e. The van der Waals surface area contributed by atoms with Gasteiger partial charge in [0.2, 0.25) is 0 Å². The van der Waals surface area contributed by atoms with E-state index in [1.54, 1.807) is 12.1 Å². The van der Waals surface area contributed by atoms with Crippen LogP contribution in [0.2, 0.25) is 0 Å². The first-order valence-electron chi connectivity index (χ1n) is 3.92. The number of hydrogen-bond donors (Lipinski definition) is 0. The lowest BCUT2D eigenvalue weighted by Gasteiger charge is -1.96. The summed E-state index contributed by atoms with van der Waals surface area (Å²) < 4.78 is 5.53. The molecule has 0 radical (unpaired) electrons. The molecule has 0 amide bonds. The van der Waals surface area contributed by atoms with Crippen molar-refractivity contribution in [1.29, 1.82) is 0 Å². The summed E-state index contributed by atoms with van der Waals surface area (Å²) in [6.45, 7) is -0.00170. The normalized spacial score (nSPS) is 10.1. The maximum absolute atomic E-state index is 11.5. The highest BCUT2D eigenvalue weighted by Crippen LogP contribution is 2.23. The lowest BCUT2D eigenvalue weighted by Crippen LogP contribution is -2.11. The van der Waals surface area contributed by atoms with Crippen molar-refractivity contribution in [3.05, 3.63) is 20.8 Å². The van der Waals surface area contributed by atoms with Crippen LogP contribution in [0.5, 0.6) is 0 Å². The summed E-state index contributed by atoms with van der Waals surface area (Å²) in [5.74, 6) is -0.343. The van der Waals surface area contributed by atoms with Gasteiger partial charge in [0, 0.05) is 7.11 Å². The molecule has 0 aliphatic rings. The van der Waals surface area contributed by atoms with E-state index in [9.17, 15) is 9.59 Å². The number of rotatable bonds is 5. The lowest BCUT2D eigenvalue weighted by atomic mass is 10.2. The van der Waals surface area contributed by atoms with Crippen molar-refractivity contribution in [3.63, 3.8) is 0 Å². The van der Waals surface area contributed by atoms with Crippen LogP contribution in [0, 0.1) is 0 Å². The van der Waals surface area contributed by atoms with Gasteiger partial charge in [0.15, 0.2) is 11.6 Å². The Morgan fingerprint density at radius 1 is 1.50 bits per heavy atom. The molecule has 1 aromatic rings.